The molecule has 4 atom stereocenters. The minimum Gasteiger partial charge on any atom is -0.493 e. The number of nitrogens with one attached hydrogen (secondary N) is 1. The summed E-state index contributed by atoms with van der Waals surface area (Å²) in [6, 6.07) is 3.83. The minimum absolute atomic E-state index is 0.0736. The summed E-state index contributed by atoms with van der Waals surface area (Å²) in [4.78, 5) is 36.8. The van der Waals surface area contributed by atoms with Gasteiger partial charge in [-0.25, -0.2) is 0 Å². The van der Waals surface area contributed by atoms with Crippen LogP contribution in [0, 0.1) is 0 Å². The van der Waals surface area contributed by atoms with Crippen molar-refractivity contribution in [3.63, 3.8) is 0 Å². The second-order valence-electron chi connectivity index (χ2n) is 12.0. The molecule has 11 heteroatoms. The predicted molar refractivity (Wildman–Crippen MR) is 169 cm³/mol. The van der Waals surface area contributed by atoms with Crippen molar-refractivity contribution in [2.75, 3.05) is 27.3 Å². The van der Waals surface area contributed by atoms with Gasteiger partial charge in [-0.3, -0.25) is 14.4 Å². The highest BCUT2D eigenvalue weighted by Crippen LogP contribution is 2.58. The van der Waals surface area contributed by atoms with Crippen LogP contribution in [0.2, 0.25) is 0 Å². The summed E-state index contributed by atoms with van der Waals surface area (Å²) in [6.45, 7) is 2.86. The van der Waals surface area contributed by atoms with Crippen LogP contribution in [0.5, 0.6) is 23.0 Å². The molecule has 230 valence electrons. The summed E-state index contributed by atoms with van der Waals surface area (Å²) in [6.07, 6.45) is 10.4. The smallest absolute Gasteiger partial charge is 0.210 e. The molecule has 1 N–H and O–H groups in total. The zero-order chi connectivity index (χ0) is 30.8. The molecule has 9 nitrogen and oxygen atoms in total. The Morgan fingerprint density at radius 1 is 0.886 bits per heavy atom. The normalized spacial score (nSPS) is 28.6. The maximum Gasteiger partial charge on any atom is 0.210 e. The fourth-order valence-electron chi connectivity index (χ4n) is 7.72. The van der Waals surface area contributed by atoms with Crippen molar-refractivity contribution in [1.29, 1.82) is 0 Å². The Hall–Kier alpha value is -3.15. The summed E-state index contributed by atoms with van der Waals surface area (Å²) in [7, 11) is 3.26. The third kappa shape index (κ3) is 4.37. The number of carbonyl (C=O) groups excluding carboxylic acids is 3. The highest BCUT2D eigenvalue weighted by Gasteiger charge is 2.54. The maximum absolute atomic E-state index is 11.9. The first-order valence-corrected chi connectivity index (χ1v) is 16.3. The zero-order valence-electron chi connectivity index (χ0n) is 24.4. The van der Waals surface area contributed by atoms with Gasteiger partial charge in [-0.05, 0) is 54.8 Å². The molecule has 4 heterocycles. The molecule has 8 rings (SSSR count). The molecule has 2 aromatic rings. The van der Waals surface area contributed by atoms with Gasteiger partial charge in [-0.15, -0.1) is 0 Å². The van der Waals surface area contributed by atoms with Crippen molar-refractivity contribution in [3.8, 4) is 23.0 Å². The number of carbonyl (C=O) groups is 3. The van der Waals surface area contributed by atoms with Gasteiger partial charge in [0.1, 0.15) is 12.2 Å². The van der Waals surface area contributed by atoms with Gasteiger partial charge in [0.15, 0.2) is 34.6 Å². The topological polar surface area (TPSA) is 103 Å². The number of amides is 1. The van der Waals surface area contributed by atoms with E-state index in [9.17, 15) is 14.4 Å². The van der Waals surface area contributed by atoms with Gasteiger partial charge in [0.25, 0.3) is 0 Å². The first kappa shape index (κ1) is 29.6. The Morgan fingerprint density at radius 3 is 2.00 bits per heavy atom. The Labute approximate surface area is 272 Å². The third-order valence-corrected chi connectivity index (χ3v) is 11.3. The highest BCUT2D eigenvalue weighted by atomic mass is 79.9. The van der Waals surface area contributed by atoms with E-state index < -0.39 is 0 Å². The largest absolute Gasteiger partial charge is 0.493 e. The fraction of sp³-hybridized carbons (Fsp3) is 0.424. The second kappa shape index (κ2) is 11.0. The Bertz CT molecular complexity index is 1660. The molecule has 0 saturated carbocycles. The van der Waals surface area contributed by atoms with Crippen LogP contribution >= 0.6 is 31.9 Å². The summed E-state index contributed by atoms with van der Waals surface area (Å²) in [5, 5.41) is 3.47. The van der Waals surface area contributed by atoms with Crippen molar-refractivity contribution in [3.05, 3.63) is 67.6 Å². The molecule has 2 aromatic carbocycles. The summed E-state index contributed by atoms with van der Waals surface area (Å²) in [5.41, 5.74) is 3.91. The molecule has 1 amide bonds. The third-order valence-electron chi connectivity index (χ3n) is 9.88. The van der Waals surface area contributed by atoms with Gasteiger partial charge in [0.05, 0.1) is 25.0 Å². The minimum atomic E-state index is -0.368. The van der Waals surface area contributed by atoms with Crippen LogP contribution in [0.4, 0.5) is 0 Å². The van der Waals surface area contributed by atoms with Gasteiger partial charge >= 0.3 is 0 Å². The molecular formula is C33H32Br2N2O7. The average Bonchev–Trinajstić information content (AvgIpc) is 3.35. The van der Waals surface area contributed by atoms with E-state index in [1.807, 2.05) is 18.2 Å². The molecule has 0 radical (unpaired) electrons. The van der Waals surface area contributed by atoms with Crippen molar-refractivity contribution in [2.24, 2.45) is 0 Å². The highest BCUT2D eigenvalue weighted by molar-refractivity contribution is 9.10. The number of halogens is 2. The molecule has 44 heavy (non-hydrogen) atoms. The molecule has 2 spiro atoms. The lowest BCUT2D eigenvalue weighted by Crippen LogP contribution is -2.41. The van der Waals surface area contributed by atoms with Crippen molar-refractivity contribution < 1.29 is 33.3 Å². The molecule has 0 bridgehead atoms. The van der Waals surface area contributed by atoms with Crippen LogP contribution in [0.25, 0.3) is 0 Å². The number of ketones is 2. The molecule has 6 aliphatic rings. The standard InChI is InChI=1S/C17H16BrNO4.C16H16BrNO3/c1-22-13-7-12(18)11-8-19(9-20)5-4-17-3-2-10(21)6-14(17)23-16(13)15(11)17;1-20-12-7-11(17)10-8-18-5-4-16-3-2-9(19)6-13(16)21-15(12)14(10)16/h2-3,7,9,14H,4-6,8H2,1H3;2-3,7,13,18H,4-6,8H2,1H3. The molecule has 0 aromatic heterocycles. The van der Waals surface area contributed by atoms with E-state index in [1.54, 1.807) is 31.3 Å². The van der Waals surface area contributed by atoms with E-state index in [-0.39, 0.29) is 34.6 Å². The van der Waals surface area contributed by atoms with E-state index in [2.05, 4.69) is 43.3 Å². The number of ether oxygens (including phenoxy) is 4. The van der Waals surface area contributed by atoms with E-state index in [1.165, 1.54) is 11.1 Å². The maximum atomic E-state index is 11.9. The van der Waals surface area contributed by atoms with E-state index in [4.69, 9.17) is 18.9 Å². The van der Waals surface area contributed by atoms with Gasteiger partial charge < -0.3 is 29.2 Å². The van der Waals surface area contributed by atoms with Gasteiger partial charge in [-0.1, -0.05) is 44.0 Å². The quantitative estimate of drug-likeness (QED) is 0.449. The first-order valence-electron chi connectivity index (χ1n) is 14.7. The van der Waals surface area contributed by atoms with E-state index in [0.717, 1.165) is 63.9 Å². The molecular weight excluding hydrogens is 696 g/mol. The first-order chi connectivity index (χ1) is 21.2. The van der Waals surface area contributed by atoms with Gasteiger partial charge in [0.2, 0.25) is 6.41 Å². The molecule has 4 unspecified atom stereocenters. The average molecular weight is 728 g/mol. The predicted octanol–water partition coefficient (Wildman–Crippen LogP) is 4.83. The summed E-state index contributed by atoms with van der Waals surface area (Å²) in [5.74, 6) is 3.12. The zero-order valence-corrected chi connectivity index (χ0v) is 27.6. The number of hydrogen-bond donors (Lipinski definition) is 1. The van der Waals surface area contributed by atoms with Crippen LogP contribution in [0.3, 0.4) is 0 Å². The van der Waals surface area contributed by atoms with Crippen LogP contribution in [0.15, 0.2) is 45.4 Å². The van der Waals surface area contributed by atoms with E-state index >= 15 is 0 Å². The number of methoxy groups -OCH3 is 2. The Balaban J connectivity index is 0.000000143. The number of hydrogen-bond acceptors (Lipinski definition) is 8. The summed E-state index contributed by atoms with van der Waals surface area (Å²) < 4.78 is 25.3. The van der Waals surface area contributed by atoms with Crippen LogP contribution in [-0.2, 0) is 38.3 Å². The molecule has 2 aliphatic carbocycles. The number of allylic oxidation sites excluding steroid dienone is 2. The Morgan fingerprint density at radius 2 is 1.43 bits per heavy atom. The Kier molecular flexibility index (Phi) is 7.41. The van der Waals surface area contributed by atoms with Crippen LogP contribution in [-0.4, -0.2) is 62.4 Å². The van der Waals surface area contributed by atoms with Crippen LogP contribution in [0.1, 0.15) is 47.9 Å². The lowest BCUT2D eigenvalue weighted by molar-refractivity contribution is -0.119. The van der Waals surface area contributed by atoms with Crippen molar-refractivity contribution in [1.82, 2.24) is 10.2 Å². The van der Waals surface area contributed by atoms with Crippen LogP contribution < -0.4 is 24.3 Å². The van der Waals surface area contributed by atoms with Crippen molar-refractivity contribution >= 4 is 49.8 Å². The van der Waals surface area contributed by atoms with Crippen molar-refractivity contribution in [2.45, 2.75) is 61.8 Å². The summed E-state index contributed by atoms with van der Waals surface area (Å²) >= 11 is 7.27. The number of rotatable bonds is 3. The lowest BCUT2D eigenvalue weighted by Gasteiger charge is -2.33. The SMILES string of the molecule is COc1cc(Br)c2c3c1OC1CC(=O)C=CC31CCN(C=O)C2.COc1cc(Br)c2c3c1OC1CC(=O)C=CC31CCNC2. The van der Waals surface area contributed by atoms with E-state index in [0.29, 0.717) is 37.4 Å². The monoisotopic (exact) mass is 726 g/mol. The lowest BCUT2D eigenvalue weighted by atomic mass is 9.69. The molecule has 0 fully saturated rings. The van der Waals surface area contributed by atoms with Gasteiger partial charge in [0, 0.05) is 52.5 Å². The number of benzene rings is 2. The molecule has 0 saturated heterocycles. The molecule has 4 aliphatic heterocycles. The fourth-order valence-corrected chi connectivity index (χ4v) is 8.80. The second-order valence-corrected chi connectivity index (χ2v) is 13.7. The number of nitrogens with zero attached hydrogens (tertiary/aromatic N) is 1. The van der Waals surface area contributed by atoms with Gasteiger partial charge in [-0.2, -0.15) is 0 Å².